The van der Waals surface area contributed by atoms with Gasteiger partial charge in [0.05, 0.1) is 17.0 Å². The Balaban J connectivity index is 0.00000103. The molecule has 1 fully saturated rings. The van der Waals surface area contributed by atoms with Crippen LogP contribution >= 0.6 is 0 Å². The van der Waals surface area contributed by atoms with Gasteiger partial charge >= 0.3 is 6.09 Å². The summed E-state index contributed by atoms with van der Waals surface area (Å²) < 4.78 is 11.5. The molecule has 0 unspecified atom stereocenters. The number of likely N-dealkylation sites (tertiary alicyclic amines) is 1. The summed E-state index contributed by atoms with van der Waals surface area (Å²) in [6.45, 7) is 3.45. The van der Waals surface area contributed by atoms with E-state index in [2.05, 4.69) is 15.5 Å². The Labute approximate surface area is 199 Å². The molecule has 2 aromatic heterocycles. The number of hydrogen-bond acceptors (Lipinski definition) is 7. The fourth-order valence-electron chi connectivity index (χ4n) is 3.99. The lowest BCUT2D eigenvalue weighted by Crippen LogP contribution is -2.37. The summed E-state index contributed by atoms with van der Waals surface area (Å²) in [6, 6.07) is 9.44. The number of aryl methyl sites for hydroxylation is 2. The van der Waals surface area contributed by atoms with E-state index in [0.29, 0.717) is 36.9 Å². The van der Waals surface area contributed by atoms with Crippen LogP contribution in [0.5, 0.6) is 5.75 Å². The van der Waals surface area contributed by atoms with Crippen LogP contribution in [0, 0.1) is 24.2 Å². The minimum atomic E-state index is -0.829. The zero-order valence-corrected chi connectivity index (χ0v) is 19.9. The molecule has 0 radical (unpaired) electrons. The SMILES string of the molecule is CNC.Cc1c(OCc2ccc(C#N)cn2)ccc2c(CCC3CCN(C(=O)O)CC3)noc12. The fourth-order valence-corrected chi connectivity index (χ4v) is 3.99. The number of aromatic nitrogens is 2. The second kappa shape index (κ2) is 12.0. The molecule has 3 heterocycles. The highest BCUT2D eigenvalue weighted by Crippen LogP contribution is 2.31. The van der Waals surface area contributed by atoms with E-state index in [4.69, 9.17) is 19.6 Å². The number of hydrogen-bond donors (Lipinski definition) is 2. The molecule has 9 nitrogen and oxygen atoms in total. The van der Waals surface area contributed by atoms with E-state index in [9.17, 15) is 4.79 Å². The predicted octanol–water partition coefficient (Wildman–Crippen LogP) is 4.14. The molecule has 34 heavy (non-hydrogen) atoms. The maximum absolute atomic E-state index is 11.0. The van der Waals surface area contributed by atoms with Crippen molar-refractivity contribution in [2.24, 2.45) is 5.92 Å². The van der Waals surface area contributed by atoms with Crippen LogP contribution in [-0.2, 0) is 13.0 Å². The lowest BCUT2D eigenvalue weighted by Gasteiger charge is -2.29. The van der Waals surface area contributed by atoms with Crippen LogP contribution in [0.2, 0.25) is 0 Å². The molecule has 0 saturated carbocycles. The average Bonchev–Trinajstić information content (AvgIpc) is 3.27. The molecule has 2 N–H and O–H groups in total. The van der Waals surface area contributed by atoms with Gasteiger partial charge in [0.25, 0.3) is 0 Å². The largest absolute Gasteiger partial charge is 0.487 e. The molecule has 3 aromatic rings. The second-order valence-corrected chi connectivity index (χ2v) is 8.39. The number of nitriles is 1. The topological polar surface area (TPSA) is 125 Å². The Bertz CT molecular complexity index is 1130. The first-order valence-corrected chi connectivity index (χ1v) is 11.4. The number of amides is 1. The Morgan fingerprint density at radius 3 is 2.65 bits per heavy atom. The van der Waals surface area contributed by atoms with Crippen LogP contribution in [0.4, 0.5) is 4.79 Å². The number of nitrogens with one attached hydrogen (secondary N) is 1. The molecular formula is C25H31N5O4. The number of ether oxygens (including phenoxy) is 1. The summed E-state index contributed by atoms with van der Waals surface area (Å²) in [5.41, 5.74) is 3.80. The Hall–Kier alpha value is -3.64. The third-order valence-electron chi connectivity index (χ3n) is 5.92. The number of pyridine rings is 1. The predicted molar refractivity (Wildman–Crippen MR) is 128 cm³/mol. The van der Waals surface area contributed by atoms with Gasteiger partial charge in [0.15, 0.2) is 5.58 Å². The van der Waals surface area contributed by atoms with E-state index in [0.717, 1.165) is 53.6 Å². The van der Waals surface area contributed by atoms with E-state index >= 15 is 0 Å². The highest BCUT2D eigenvalue weighted by Gasteiger charge is 2.23. The van der Waals surface area contributed by atoms with Crippen molar-refractivity contribution >= 4 is 17.1 Å². The maximum atomic E-state index is 11.0. The summed E-state index contributed by atoms with van der Waals surface area (Å²) >= 11 is 0. The Morgan fingerprint density at radius 1 is 1.29 bits per heavy atom. The van der Waals surface area contributed by atoms with Gasteiger partial charge in [0, 0.05) is 30.2 Å². The molecular weight excluding hydrogens is 434 g/mol. The first kappa shape index (κ1) is 25.0. The number of piperidine rings is 1. The summed E-state index contributed by atoms with van der Waals surface area (Å²) in [7, 11) is 3.75. The van der Waals surface area contributed by atoms with Gasteiger partial charge in [-0.25, -0.2) is 4.79 Å². The molecule has 1 aromatic carbocycles. The zero-order valence-electron chi connectivity index (χ0n) is 19.9. The number of fused-ring (bicyclic) bond motifs is 1. The van der Waals surface area contributed by atoms with E-state index in [1.54, 1.807) is 12.1 Å². The van der Waals surface area contributed by atoms with E-state index in [-0.39, 0.29) is 0 Å². The molecule has 0 bridgehead atoms. The van der Waals surface area contributed by atoms with Crippen LogP contribution in [0.1, 0.15) is 41.8 Å². The minimum absolute atomic E-state index is 0.300. The van der Waals surface area contributed by atoms with Gasteiger partial charge in [-0.05, 0) is 76.9 Å². The van der Waals surface area contributed by atoms with Crippen molar-refractivity contribution in [3.63, 3.8) is 0 Å². The van der Waals surface area contributed by atoms with Gasteiger partial charge in [-0.3, -0.25) is 4.98 Å². The number of benzene rings is 1. The van der Waals surface area contributed by atoms with Crippen molar-refractivity contribution in [3.8, 4) is 11.8 Å². The van der Waals surface area contributed by atoms with Gasteiger partial charge in [0.2, 0.25) is 0 Å². The van der Waals surface area contributed by atoms with Gasteiger partial charge in [-0.1, -0.05) is 5.16 Å². The average molecular weight is 466 g/mol. The van der Waals surface area contributed by atoms with Gasteiger partial charge in [0.1, 0.15) is 18.4 Å². The summed E-state index contributed by atoms with van der Waals surface area (Å²) in [5, 5.41) is 26.0. The summed E-state index contributed by atoms with van der Waals surface area (Å²) in [6.07, 6.45) is 4.26. The van der Waals surface area contributed by atoms with Crippen LogP contribution in [-0.4, -0.2) is 53.4 Å². The molecule has 180 valence electrons. The van der Waals surface area contributed by atoms with Crippen molar-refractivity contribution in [1.82, 2.24) is 20.4 Å². The van der Waals surface area contributed by atoms with E-state index < -0.39 is 6.09 Å². The highest BCUT2D eigenvalue weighted by molar-refractivity contribution is 5.84. The minimum Gasteiger partial charge on any atom is -0.487 e. The fraction of sp³-hybridized carbons (Fsp3) is 0.440. The number of rotatable bonds is 6. The van der Waals surface area contributed by atoms with Crippen LogP contribution in [0.15, 0.2) is 35.0 Å². The third-order valence-corrected chi connectivity index (χ3v) is 5.92. The molecule has 0 aliphatic carbocycles. The summed E-state index contributed by atoms with van der Waals surface area (Å²) in [5.74, 6) is 1.22. The van der Waals surface area contributed by atoms with Crippen molar-refractivity contribution in [3.05, 3.63) is 53.0 Å². The highest BCUT2D eigenvalue weighted by atomic mass is 16.5. The van der Waals surface area contributed by atoms with Crippen molar-refractivity contribution in [1.29, 1.82) is 5.26 Å². The van der Waals surface area contributed by atoms with E-state index in [1.165, 1.54) is 11.1 Å². The van der Waals surface area contributed by atoms with Gasteiger partial charge in [-0.15, -0.1) is 0 Å². The molecule has 9 heteroatoms. The van der Waals surface area contributed by atoms with E-state index in [1.807, 2.05) is 39.2 Å². The first-order chi connectivity index (χ1) is 16.5. The Kier molecular flexibility index (Phi) is 8.82. The molecule has 4 rings (SSSR count). The number of carboxylic acid groups (broad SMARTS) is 1. The Morgan fingerprint density at radius 2 is 2.03 bits per heavy atom. The van der Waals surface area contributed by atoms with Crippen molar-refractivity contribution < 1.29 is 19.2 Å². The first-order valence-electron chi connectivity index (χ1n) is 11.4. The standard InChI is InChI=1S/C23H24N4O4.C2H7N/c1-15-21(30-14-18-4-2-17(12-24)13-25-18)7-5-19-20(26-31-22(15)19)6-3-16-8-10-27(11-9-16)23(28)29;1-3-2/h2,4-5,7,13,16H,3,6,8-11,14H2,1H3,(H,28,29);3H,1-2H3. The lowest BCUT2D eigenvalue weighted by atomic mass is 9.91. The molecule has 1 amide bonds. The monoisotopic (exact) mass is 465 g/mol. The molecule has 0 spiro atoms. The zero-order chi connectivity index (χ0) is 24.5. The van der Waals surface area contributed by atoms with Gasteiger partial charge < -0.3 is 24.6 Å². The van der Waals surface area contributed by atoms with Crippen molar-refractivity contribution in [2.45, 2.75) is 39.2 Å². The van der Waals surface area contributed by atoms with Crippen LogP contribution in [0.3, 0.4) is 0 Å². The lowest BCUT2D eigenvalue weighted by molar-refractivity contribution is 0.123. The van der Waals surface area contributed by atoms with Crippen LogP contribution < -0.4 is 10.1 Å². The third kappa shape index (κ3) is 6.23. The molecule has 1 aliphatic rings. The molecule has 1 saturated heterocycles. The summed E-state index contributed by atoms with van der Waals surface area (Å²) in [4.78, 5) is 16.8. The second-order valence-electron chi connectivity index (χ2n) is 8.39. The van der Waals surface area contributed by atoms with Gasteiger partial charge in [-0.2, -0.15) is 5.26 Å². The number of carbonyl (C=O) groups is 1. The normalized spacial score (nSPS) is 13.8. The smallest absolute Gasteiger partial charge is 0.407 e. The quantitative estimate of drug-likeness (QED) is 0.556. The van der Waals surface area contributed by atoms with Crippen LogP contribution in [0.25, 0.3) is 11.0 Å². The molecule has 0 atom stereocenters. The number of nitrogens with zero attached hydrogens (tertiary/aromatic N) is 4. The van der Waals surface area contributed by atoms with Crippen molar-refractivity contribution in [2.75, 3.05) is 27.2 Å². The maximum Gasteiger partial charge on any atom is 0.407 e. The molecule has 1 aliphatic heterocycles.